The van der Waals surface area contributed by atoms with E-state index in [0.717, 1.165) is 77.5 Å². The zero-order valence-corrected chi connectivity index (χ0v) is 20.0. The van der Waals surface area contributed by atoms with Crippen molar-refractivity contribution in [2.45, 2.75) is 13.8 Å². The molecule has 7 rings (SSSR count). The highest BCUT2D eigenvalue weighted by molar-refractivity contribution is 6.04. The topological polar surface area (TPSA) is 51.6 Å². The zero-order chi connectivity index (χ0) is 24.2. The molecular formula is C32H22N4. The molecule has 170 valence electrons. The van der Waals surface area contributed by atoms with Crippen molar-refractivity contribution in [1.29, 1.82) is 0 Å². The number of aryl methyl sites for hydroxylation is 2. The van der Waals surface area contributed by atoms with Crippen molar-refractivity contribution in [3.63, 3.8) is 0 Å². The summed E-state index contributed by atoms with van der Waals surface area (Å²) in [5.41, 5.74) is 9.74. The summed E-state index contributed by atoms with van der Waals surface area (Å²) in [6.45, 7) is 4.03. The molecule has 0 saturated carbocycles. The van der Waals surface area contributed by atoms with Crippen LogP contribution in [0.4, 0.5) is 0 Å². The van der Waals surface area contributed by atoms with Crippen LogP contribution in [0.3, 0.4) is 0 Å². The minimum atomic E-state index is 0.932. The summed E-state index contributed by atoms with van der Waals surface area (Å²) in [7, 11) is 0. The second-order valence-corrected chi connectivity index (χ2v) is 9.29. The highest BCUT2D eigenvalue weighted by atomic mass is 14.8. The molecule has 0 radical (unpaired) electrons. The number of aromatic nitrogens is 4. The molecule has 0 fully saturated rings. The minimum absolute atomic E-state index is 0.932. The van der Waals surface area contributed by atoms with Crippen molar-refractivity contribution in [2.24, 2.45) is 0 Å². The van der Waals surface area contributed by atoms with Gasteiger partial charge in [0.2, 0.25) is 0 Å². The van der Waals surface area contributed by atoms with Crippen molar-refractivity contribution in [3.8, 4) is 22.5 Å². The van der Waals surface area contributed by atoms with Crippen LogP contribution in [0.1, 0.15) is 11.4 Å². The largest absolute Gasteiger partial charge is 0.251 e. The van der Waals surface area contributed by atoms with Crippen LogP contribution < -0.4 is 0 Å². The van der Waals surface area contributed by atoms with E-state index in [1.165, 1.54) is 0 Å². The first-order valence-electron chi connectivity index (χ1n) is 12.1. The predicted molar refractivity (Wildman–Crippen MR) is 148 cm³/mol. The van der Waals surface area contributed by atoms with Gasteiger partial charge in [0.25, 0.3) is 0 Å². The SMILES string of the molecule is Cc1ccc2ccc3ccc(-c4ccc(-c5ccc6ccc7ccc(C)nc7c6n5)cc4)nc3c2n1. The molecule has 0 amide bonds. The number of nitrogens with zero attached hydrogens (tertiary/aromatic N) is 4. The molecule has 7 aromatic rings. The summed E-state index contributed by atoms with van der Waals surface area (Å²) in [6.07, 6.45) is 0. The standard InChI is InChI=1S/C32H22N4/c1-19-3-5-23-11-13-25-15-17-27(35-31(25)29(23)33-19)21-7-9-22(10-8-21)28-18-16-26-14-12-24-6-4-20(2)34-30(24)32(26)36-28/h3-18H,1-2H3. The van der Waals surface area contributed by atoms with Crippen molar-refractivity contribution in [3.05, 3.63) is 108 Å². The summed E-state index contributed by atoms with van der Waals surface area (Å²) >= 11 is 0. The fourth-order valence-corrected chi connectivity index (χ4v) is 4.86. The quantitative estimate of drug-likeness (QED) is 0.246. The molecule has 0 N–H and O–H groups in total. The summed E-state index contributed by atoms with van der Waals surface area (Å²) < 4.78 is 0. The third-order valence-electron chi connectivity index (χ3n) is 6.79. The Morgan fingerprint density at radius 2 is 0.639 bits per heavy atom. The van der Waals surface area contributed by atoms with E-state index in [4.69, 9.17) is 19.9 Å². The van der Waals surface area contributed by atoms with Gasteiger partial charge in [0.1, 0.15) is 0 Å². The molecule has 0 aliphatic rings. The fraction of sp³-hybridized carbons (Fsp3) is 0.0625. The van der Waals surface area contributed by atoms with Gasteiger partial charge in [-0.3, -0.25) is 9.97 Å². The molecule has 0 unspecified atom stereocenters. The number of pyridine rings is 4. The maximum absolute atomic E-state index is 5.01. The van der Waals surface area contributed by atoms with Gasteiger partial charge in [0.05, 0.1) is 33.5 Å². The minimum Gasteiger partial charge on any atom is -0.251 e. The van der Waals surface area contributed by atoms with Crippen LogP contribution in [-0.2, 0) is 0 Å². The van der Waals surface area contributed by atoms with E-state index in [0.29, 0.717) is 0 Å². The van der Waals surface area contributed by atoms with Crippen molar-refractivity contribution in [2.75, 3.05) is 0 Å². The summed E-state index contributed by atoms with van der Waals surface area (Å²) in [5, 5.41) is 4.40. The third-order valence-corrected chi connectivity index (χ3v) is 6.79. The predicted octanol–water partition coefficient (Wildman–Crippen LogP) is 7.83. The maximum atomic E-state index is 5.01. The summed E-state index contributed by atoms with van der Waals surface area (Å²) in [6, 6.07) is 33.6. The number of fused-ring (bicyclic) bond motifs is 6. The summed E-state index contributed by atoms with van der Waals surface area (Å²) in [5.74, 6) is 0. The molecule has 3 aromatic carbocycles. The van der Waals surface area contributed by atoms with Crippen LogP contribution >= 0.6 is 0 Å². The second-order valence-electron chi connectivity index (χ2n) is 9.29. The Hall–Kier alpha value is -4.70. The molecular weight excluding hydrogens is 440 g/mol. The van der Waals surface area contributed by atoms with Crippen molar-refractivity contribution in [1.82, 2.24) is 19.9 Å². The molecule has 36 heavy (non-hydrogen) atoms. The highest BCUT2D eigenvalue weighted by Crippen LogP contribution is 2.30. The average molecular weight is 463 g/mol. The first-order chi connectivity index (χ1) is 17.6. The Morgan fingerprint density at radius 3 is 1.03 bits per heavy atom. The van der Waals surface area contributed by atoms with E-state index in [2.05, 4.69) is 84.9 Å². The van der Waals surface area contributed by atoms with Crippen LogP contribution in [0.25, 0.3) is 66.1 Å². The molecule has 0 aliphatic heterocycles. The molecule has 0 spiro atoms. The van der Waals surface area contributed by atoms with Crippen LogP contribution in [0.2, 0.25) is 0 Å². The number of hydrogen-bond donors (Lipinski definition) is 0. The van der Waals surface area contributed by atoms with Gasteiger partial charge in [-0.05, 0) is 38.1 Å². The van der Waals surface area contributed by atoms with E-state index in [1.807, 2.05) is 26.0 Å². The van der Waals surface area contributed by atoms with Crippen LogP contribution in [0.5, 0.6) is 0 Å². The monoisotopic (exact) mass is 462 g/mol. The Kier molecular flexibility index (Phi) is 4.55. The average Bonchev–Trinajstić information content (AvgIpc) is 2.92. The van der Waals surface area contributed by atoms with Gasteiger partial charge in [-0.1, -0.05) is 72.8 Å². The van der Waals surface area contributed by atoms with E-state index in [9.17, 15) is 0 Å². The lowest BCUT2D eigenvalue weighted by Crippen LogP contribution is -1.91. The van der Waals surface area contributed by atoms with E-state index >= 15 is 0 Å². The molecule has 4 nitrogen and oxygen atoms in total. The molecule has 4 heteroatoms. The molecule has 0 atom stereocenters. The number of rotatable bonds is 2. The lowest BCUT2D eigenvalue weighted by Gasteiger charge is -2.09. The Balaban J connectivity index is 1.31. The number of hydrogen-bond acceptors (Lipinski definition) is 4. The second kappa shape index (κ2) is 7.92. The van der Waals surface area contributed by atoms with Crippen LogP contribution in [-0.4, -0.2) is 19.9 Å². The van der Waals surface area contributed by atoms with Gasteiger partial charge < -0.3 is 0 Å². The van der Waals surface area contributed by atoms with Gasteiger partial charge >= 0.3 is 0 Å². The summed E-state index contributed by atoms with van der Waals surface area (Å²) in [4.78, 5) is 19.6. The highest BCUT2D eigenvalue weighted by Gasteiger charge is 2.10. The Labute approximate surface area is 208 Å². The molecule has 0 bridgehead atoms. The molecule has 4 aromatic heterocycles. The van der Waals surface area contributed by atoms with E-state index in [1.54, 1.807) is 0 Å². The van der Waals surface area contributed by atoms with Gasteiger partial charge in [0, 0.05) is 44.1 Å². The van der Waals surface area contributed by atoms with E-state index in [-0.39, 0.29) is 0 Å². The zero-order valence-electron chi connectivity index (χ0n) is 20.0. The van der Waals surface area contributed by atoms with Crippen molar-refractivity contribution >= 4 is 43.6 Å². The fourth-order valence-electron chi connectivity index (χ4n) is 4.86. The van der Waals surface area contributed by atoms with Crippen molar-refractivity contribution < 1.29 is 0 Å². The van der Waals surface area contributed by atoms with Gasteiger partial charge in [-0.15, -0.1) is 0 Å². The first-order valence-corrected chi connectivity index (χ1v) is 12.1. The first kappa shape index (κ1) is 20.7. The Morgan fingerprint density at radius 1 is 0.333 bits per heavy atom. The lowest BCUT2D eigenvalue weighted by atomic mass is 10.0. The lowest BCUT2D eigenvalue weighted by molar-refractivity contribution is 1.25. The number of benzene rings is 3. The normalized spacial score (nSPS) is 11.6. The third kappa shape index (κ3) is 3.38. The van der Waals surface area contributed by atoms with Crippen LogP contribution in [0.15, 0.2) is 97.1 Å². The van der Waals surface area contributed by atoms with E-state index < -0.39 is 0 Å². The Bertz CT molecular complexity index is 1810. The molecule has 4 heterocycles. The van der Waals surface area contributed by atoms with Crippen LogP contribution in [0, 0.1) is 13.8 Å². The molecule has 0 saturated heterocycles. The maximum Gasteiger partial charge on any atom is 0.0972 e. The van der Waals surface area contributed by atoms with Gasteiger partial charge in [-0.25, -0.2) is 9.97 Å². The van der Waals surface area contributed by atoms with Gasteiger partial charge in [0.15, 0.2) is 0 Å². The van der Waals surface area contributed by atoms with Gasteiger partial charge in [-0.2, -0.15) is 0 Å². The molecule has 0 aliphatic carbocycles. The smallest absolute Gasteiger partial charge is 0.0972 e.